The van der Waals surface area contributed by atoms with Crippen LogP contribution < -0.4 is 14.8 Å². The molecule has 0 saturated heterocycles. The Labute approximate surface area is 194 Å². The second kappa shape index (κ2) is 10.7. The number of nitrogens with one attached hydrogen (secondary N) is 1. The quantitative estimate of drug-likeness (QED) is 0.362. The number of fused-ring (bicyclic) bond motifs is 1. The molecule has 1 amide bonds. The number of nitrogens with zero attached hydrogens (tertiary/aromatic N) is 2. The van der Waals surface area contributed by atoms with Crippen molar-refractivity contribution in [1.82, 2.24) is 14.9 Å². The van der Waals surface area contributed by atoms with E-state index in [1.165, 1.54) is 5.56 Å². The lowest BCUT2D eigenvalue weighted by atomic mass is 10.1. The third kappa shape index (κ3) is 5.34. The van der Waals surface area contributed by atoms with Crippen molar-refractivity contribution in [2.24, 2.45) is 0 Å². The van der Waals surface area contributed by atoms with Crippen molar-refractivity contribution in [3.05, 3.63) is 89.7 Å². The molecule has 6 heteroatoms. The van der Waals surface area contributed by atoms with Crippen LogP contribution in [-0.2, 0) is 19.4 Å². The van der Waals surface area contributed by atoms with E-state index in [0.29, 0.717) is 23.6 Å². The third-order valence-corrected chi connectivity index (χ3v) is 5.71. The summed E-state index contributed by atoms with van der Waals surface area (Å²) in [6, 6.07) is 23.9. The third-order valence-electron chi connectivity index (χ3n) is 5.71. The number of aromatic nitrogens is 2. The van der Waals surface area contributed by atoms with Crippen LogP contribution in [0.5, 0.6) is 11.5 Å². The van der Waals surface area contributed by atoms with E-state index < -0.39 is 0 Å². The normalized spacial score (nSPS) is 10.8. The number of amides is 1. The lowest BCUT2D eigenvalue weighted by Crippen LogP contribution is -2.25. The molecule has 0 spiro atoms. The highest BCUT2D eigenvalue weighted by Gasteiger charge is 2.12. The molecule has 6 nitrogen and oxygen atoms in total. The molecule has 0 aliphatic rings. The van der Waals surface area contributed by atoms with Crippen molar-refractivity contribution in [2.45, 2.75) is 25.8 Å². The van der Waals surface area contributed by atoms with Gasteiger partial charge in [-0.1, -0.05) is 42.5 Å². The van der Waals surface area contributed by atoms with Crippen molar-refractivity contribution in [1.29, 1.82) is 0 Å². The Kier molecular flexibility index (Phi) is 7.25. The van der Waals surface area contributed by atoms with Crippen molar-refractivity contribution >= 4 is 16.9 Å². The maximum atomic E-state index is 12.6. The molecule has 0 bridgehead atoms. The standard InChI is InChI=1S/C27H29N3O3/c1-32-24-15-14-21(19-25(24)33-2)27(31)28-17-8-13-26-29-22-11-6-7-12-23(22)30(26)18-16-20-9-4-3-5-10-20/h3-7,9-12,14-15,19H,8,13,16-18H2,1-2H3,(H,28,31). The van der Waals surface area contributed by atoms with Gasteiger partial charge in [0.25, 0.3) is 5.91 Å². The van der Waals surface area contributed by atoms with Crippen LogP contribution in [0.4, 0.5) is 0 Å². The summed E-state index contributed by atoms with van der Waals surface area (Å²) in [5, 5.41) is 3.00. The first-order chi connectivity index (χ1) is 16.2. The monoisotopic (exact) mass is 443 g/mol. The van der Waals surface area contributed by atoms with Crippen LogP contribution in [0.2, 0.25) is 0 Å². The van der Waals surface area contributed by atoms with E-state index in [2.05, 4.69) is 52.3 Å². The van der Waals surface area contributed by atoms with E-state index in [1.807, 2.05) is 12.1 Å². The molecular formula is C27H29N3O3. The lowest BCUT2D eigenvalue weighted by molar-refractivity contribution is 0.0952. The predicted molar refractivity (Wildman–Crippen MR) is 130 cm³/mol. The van der Waals surface area contributed by atoms with Crippen LogP contribution >= 0.6 is 0 Å². The van der Waals surface area contributed by atoms with Crippen LogP contribution in [0.3, 0.4) is 0 Å². The molecule has 1 N–H and O–H groups in total. The molecule has 0 radical (unpaired) electrons. The number of ether oxygens (including phenoxy) is 2. The Hall–Kier alpha value is -3.80. The van der Waals surface area contributed by atoms with Gasteiger partial charge in [0.2, 0.25) is 0 Å². The highest BCUT2D eigenvalue weighted by Crippen LogP contribution is 2.27. The average Bonchev–Trinajstić information content (AvgIpc) is 3.22. The molecule has 0 aliphatic heterocycles. The fraction of sp³-hybridized carbons (Fsp3) is 0.259. The Bertz CT molecular complexity index is 1220. The highest BCUT2D eigenvalue weighted by molar-refractivity contribution is 5.94. The van der Waals surface area contributed by atoms with Crippen molar-refractivity contribution in [3.63, 3.8) is 0 Å². The Morgan fingerprint density at radius 2 is 1.67 bits per heavy atom. The summed E-state index contributed by atoms with van der Waals surface area (Å²) in [7, 11) is 3.13. The number of hydrogen-bond acceptors (Lipinski definition) is 4. The summed E-state index contributed by atoms with van der Waals surface area (Å²) in [5.41, 5.74) is 4.01. The van der Waals surface area contributed by atoms with Crippen molar-refractivity contribution < 1.29 is 14.3 Å². The summed E-state index contributed by atoms with van der Waals surface area (Å²) in [5.74, 6) is 2.06. The Morgan fingerprint density at radius 3 is 2.45 bits per heavy atom. The van der Waals surface area contributed by atoms with Gasteiger partial charge >= 0.3 is 0 Å². The van der Waals surface area contributed by atoms with Crippen LogP contribution in [0.1, 0.15) is 28.2 Å². The van der Waals surface area contributed by atoms with E-state index >= 15 is 0 Å². The van der Waals surface area contributed by atoms with Gasteiger partial charge in [-0.25, -0.2) is 4.98 Å². The minimum absolute atomic E-state index is 0.131. The van der Waals surface area contributed by atoms with Gasteiger partial charge in [0, 0.05) is 25.1 Å². The SMILES string of the molecule is COc1ccc(C(=O)NCCCc2nc3ccccc3n2CCc2ccccc2)cc1OC. The fourth-order valence-corrected chi connectivity index (χ4v) is 3.98. The zero-order chi connectivity index (χ0) is 23.0. The number of carbonyl (C=O) groups excluding carboxylic acids is 1. The predicted octanol–water partition coefficient (Wildman–Crippen LogP) is 4.66. The first-order valence-electron chi connectivity index (χ1n) is 11.2. The Morgan fingerprint density at radius 1 is 0.909 bits per heavy atom. The molecule has 0 unspecified atom stereocenters. The zero-order valence-electron chi connectivity index (χ0n) is 19.1. The van der Waals surface area contributed by atoms with Crippen molar-refractivity contribution in [3.8, 4) is 11.5 Å². The number of rotatable bonds is 10. The van der Waals surface area contributed by atoms with Gasteiger partial charge in [-0.2, -0.15) is 0 Å². The molecule has 0 fully saturated rings. The number of carbonyl (C=O) groups is 1. The van der Waals surface area contributed by atoms with E-state index in [4.69, 9.17) is 14.5 Å². The van der Waals surface area contributed by atoms with Crippen LogP contribution in [0.25, 0.3) is 11.0 Å². The minimum atomic E-state index is -0.131. The van der Waals surface area contributed by atoms with Crippen LogP contribution in [0, 0.1) is 0 Å². The van der Waals surface area contributed by atoms with E-state index in [-0.39, 0.29) is 5.91 Å². The van der Waals surface area contributed by atoms with E-state index in [9.17, 15) is 4.79 Å². The second-order valence-corrected chi connectivity index (χ2v) is 7.83. The topological polar surface area (TPSA) is 65.4 Å². The average molecular weight is 444 g/mol. The summed E-state index contributed by atoms with van der Waals surface area (Å²) < 4.78 is 12.8. The number of benzene rings is 3. The molecule has 4 rings (SSSR count). The highest BCUT2D eigenvalue weighted by atomic mass is 16.5. The summed E-state index contributed by atoms with van der Waals surface area (Å²) in [6.07, 6.45) is 2.54. The van der Waals surface area contributed by atoms with Crippen molar-refractivity contribution in [2.75, 3.05) is 20.8 Å². The van der Waals surface area contributed by atoms with Gasteiger partial charge in [-0.05, 0) is 48.7 Å². The smallest absolute Gasteiger partial charge is 0.251 e. The van der Waals surface area contributed by atoms with E-state index in [1.54, 1.807) is 32.4 Å². The van der Waals surface area contributed by atoms with Crippen LogP contribution in [-0.4, -0.2) is 36.2 Å². The van der Waals surface area contributed by atoms with Gasteiger partial charge in [0.1, 0.15) is 5.82 Å². The molecule has 170 valence electrons. The van der Waals surface area contributed by atoms with Gasteiger partial charge in [-0.15, -0.1) is 0 Å². The summed E-state index contributed by atoms with van der Waals surface area (Å²) in [4.78, 5) is 17.4. The summed E-state index contributed by atoms with van der Waals surface area (Å²) >= 11 is 0. The Balaban J connectivity index is 1.38. The number of hydrogen-bond donors (Lipinski definition) is 1. The molecule has 1 aromatic heterocycles. The lowest BCUT2D eigenvalue weighted by Gasteiger charge is -2.11. The molecule has 0 saturated carbocycles. The first-order valence-corrected chi connectivity index (χ1v) is 11.2. The molecule has 0 atom stereocenters. The number of aryl methyl sites for hydroxylation is 3. The first kappa shape index (κ1) is 22.4. The second-order valence-electron chi connectivity index (χ2n) is 7.83. The van der Waals surface area contributed by atoms with Gasteiger partial charge in [-0.3, -0.25) is 4.79 Å². The van der Waals surface area contributed by atoms with Gasteiger partial charge in [0.15, 0.2) is 11.5 Å². The summed E-state index contributed by atoms with van der Waals surface area (Å²) in [6.45, 7) is 1.44. The molecule has 33 heavy (non-hydrogen) atoms. The molecule has 1 heterocycles. The molecule has 4 aromatic rings. The molecule has 3 aromatic carbocycles. The largest absolute Gasteiger partial charge is 0.493 e. The molecular weight excluding hydrogens is 414 g/mol. The van der Waals surface area contributed by atoms with Gasteiger partial charge in [0.05, 0.1) is 25.3 Å². The zero-order valence-corrected chi connectivity index (χ0v) is 19.1. The maximum absolute atomic E-state index is 12.6. The number of methoxy groups -OCH3 is 2. The fourth-order valence-electron chi connectivity index (χ4n) is 3.98. The van der Waals surface area contributed by atoms with Crippen LogP contribution in [0.15, 0.2) is 72.8 Å². The number of para-hydroxylation sites is 2. The van der Waals surface area contributed by atoms with Gasteiger partial charge < -0.3 is 19.4 Å². The minimum Gasteiger partial charge on any atom is -0.493 e. The van der Waals surface area contributed by atoms with E-state index in [0.717, 1.165) is 42.7 Å². The molecule has 0 aliphatic carbocycles. The maximum Gasteiger partial charge on any atom is 0.251 e. The number of imidazole rings is 1.